The zero-order valence-corrected chi connectivity index (χ0v) is 17.1. The van der Waals surface area contributed by atoms with Crippen LogP contribution < -0.4 is 4.74 Å². The van der Waals surface area contributed by atoms with Crippen LogP contribution in [0.5, 0.6) is 5.75 Å². The van der Waals surface area contributed by atoms with Gasteiger partial charge in [0, 0.05) is 13.1 Å². The minimum atomic E-state index is -3.55. The topological polar surface area (TPSA) is 55.8 Å². The first kappa shape index (κ1) is 19.9. The molecule has 2 aromatic rings. The van der Waals surface area contributed by atoms with Gasteiger partial charge in [0.1, 0.15) is 5.75 Å². The number of morpholine rings is 1. The Hall–Kier alpha value is -1.89. The standard InChI is InChI=1S/C21H27NO4S/c1-21(2,3)17-7-11-19(12-8-17)27(23,24)22-13-14-26-20(15-22)16-5-9-18(25-4)10-6-16/h5-12,20H,13-15H2,1-4H3. The van der Waals surface area contributed by atoms with Crippen LogP contribution in [0.4, 0.5) is 0 Å². The maximum absolute atomic E-state index is 13.1. The molecule has 0 bridgehead atoms. The highest BCUT2D eigenvalue weighted by Gasteiger charge is 2.31. The van der Waals surface area contributed by atoms with Crippen molar-refractivity contribution in [3.8, 4) is 5.75 Å². The van der Waals surface area contributed by atoms with E-state index in [1.165, 1.54) is 4.31 Å². The molecular formula is C21H27NO4S. The number of sulfonamides is 1. The Labute approximate surface area is 162 Å². The summed E-state index contributed by atoms with van der Waals surface area (Å²) < 4.78 is 38.7. The normalized spacial score (nSPS) is 19.0. The fourth-order valence-electron chi connectivity index (χ4n) is 3.14. The zero-order chi connectivity index (χ0) is 19.7. The first-order valence-electron chi connectivity index (χ1n) is 9.08. The lowest BCUT2D eigenvalue weighted by Crippen LogP contribution is -2.42. The highest BCUT2D eigenvalue weighted by atomic mass is 32.2. The smallest absolute Gasteiger partial charge is 0.243 e. The molecule has 5 nitrogen and oxygen atoms in total. The molecule has 27 heavy (non-hydrogen) atoms. The van der Waals surface area contributed by atoms with E-state index in [1.54, 1.807) is 19.2 Å². The van der Waals surface area contributed by atoms with Gasteiger partial charge >= 0.3 is 0 Å². The average Bonchev–Trinajstić information content (AvgIpc) is 2.67. The third-order valence-corrected chi connectivity index (χ3v) is 6.75. The highest BCUT2D eigenvalue weighted by Crippen LogP contribution is 2.29. The Morgan fingerprint density at radius 2 is 1.67 bits per heavy atom. The maximum Gasteiger partial charge on any atom is 0.243 e. The minimum absolute atomic E-state index is 0.0132. The lowest BCUT2D eigenvalue weighted by molar-refractivity contribution is -0.00257. The Bertz CT molecular complexity index is 868. The molecule has 0 saturated carbocycles. The fourth-order valence-corrected chi connectivity index (χ4v) is 4.56. The number of hydrogen-bond acceptors (Lipinski definition) is 4. The molecule has 1 heterocycles. The van der Waals surface area contributed by atoms with Gasteiger partial charge < -0.3 is 9.47 Å². The van der Waals surface area contributed by atoms with Gasteiger partial charge in [-0.25, -0.2) is 8.42 Å². The molecule has 1 fully saturated rings. The largest absolute Gasteiger partial charge is 0.497 e. The highest BCUT2D eigenvalue weighted by molar-refractivity contribution is 7.89. The number of rotatable bonds is 4. The monoisotopic (exact) mass is 389 g/mol. The lowest BCUT2D eigenvalue weighted by Gasteiger charge is -2.32. The van der Waals surface area contributed by atoms with E-state index in [2.05, 4.69) is 20.8 Å². The molecule has 0 N–H and O–H groups in total. The van der Waals surface area contributed by atoms with Gasteiger partial charge in [-0.1, -0.05) is 45.0 Å². The summed E-state index contributed by atoms with van der Waals surface area (Å²) in [5, 5.41) is 0. The van der Waals surface area contributed by atoms with Gasteiger partial charge in [0.2, 0.25) is 10.0 Å². The molecule has 3 rings (SSSR count). The van der Waals surface area contributed by atoms with Gasteiger partial charge in [0.25, 0.3) is 0 Å². The number of hydrogen-bond donors (Lipinski definition) is 0. The van der Waals surface area contributed by atoms with Crippen LogP contribution in [0, 0.1) is 0 Å². The van der Waals surface area contributed by atoms with Gasteiger partial charge in [-0.05, 0) is 40.8 Å². The maximum atomic E-state index is 13.1. The molecule has 0 radical (unpaired) electrons. The minimum Gasteiger partial charge on any atom is -0.497 e. The lowest BCUT2D eigenvalue weighted by atomic mass is 9.87. The van der Waals surface area contributed by atoms with Crippen LogP contribution in [0.1, 0.15) is 38.0 Å². The van der Waals surface area contributed by atoms with E-state index in [0.717, 1.165) is 16.9 Å². The van der Waals surface area contributed by atoms with Crippen molar-refractivity contribution in [3.63, 3.8) is 0 Å². The Kier molecular flexibility index (Phi) is 5.60. The van der Waals surface area contributed by atoms with Crippen LogP contribution in [0.25, 0.3) is 0 Å². The molecule has 0 aromatic heterocycles. The second kappa shape index (κ2) is 7.62. The van der Waals surface area contributed by atoms with E-state index in [1.807, 2.05) is 36.4 Å². The van der Waals surface area contributed by atoms with E-state index in [0.29, 0.717) is 24.6 Å². The van der Waals surface area contributed by atoms with E-state index in [4.69, 9.17) is 9.47 Å². The number of benzene rings is 2. The van der Waals surface area contributed by atoms with E-state index < -0.39 is 10.0 Å². The van der Waals surface area contributed by atoms with E-state index >= 15 is 0 Å². The molecule has 1 unspecified atom stereocenters. The summed E-state index contributed by atoms with van der Waals surface area (Å²) in [4.78, 5) is 0.325. The average molecular weight is 390 g/mol. The number of methoxy groups -OCH3 is 1. The molecule has 1 aliphatic heterocycles. The van der Waals surface area contributed by atoms with Crippen molar-refractivity contribution in [2.75, 3.05) is 26.8 Å². The molecule has 1 aliphatic rings. The Balaban J connectivity index is 1.79. The van der Waals surface area contributed by atoms with Crippen molar-refractivity contribution >= 4 is 10.0 Å². The van der Waals surface area contributed by atoms with Gasteiger partial charge in [0.05, 0.1) is 24.7 Å². The van der Waals surface area contributed by atoms with Crippen LogP contribution in [-0.4, -0.2) is 39.5 Å². The second-order valence-corrected chi connectivity index (χ2v) is 9.71. The van der Waals surface area contributed by atoms with Gasteiger partial charge in [0.15, 0.2) is 0 Å². The van der Waals surface area contributed by atoms with Crippen molar-refractivity contribution in [3.05, 3.63) is 59.7 Å². The first-order chi connectivity index (χ1) is 12.7. The molecule has 1 atom stereocenters. The van der Waals surface area contributed by atoms with Crippen LogP contribution in [-0.2, 0) is 20.2 Å². The first-order valence-corrected chi connectivity index (χ1v) is 10.5. The van der Waals surface area contributed by atoms with Crippen molar-refractivity contribution in [2.45, 2.75) is 37.2 Å². The Morgan fingerprint density at radius 1 is 1.04 bits per heavy atom. The van der Waals surface area contributed by atoms with Gasteiger partial charge in [-0.3, -0.25) is 0 Å². The van der Waals surface area contributed by atoms with Gasteiger partial charge in [-0.15, -0.1) is 0 Å². The predicted molar refractivity (Wildman–Crippen MR) is 106 cm³/mol. The molecular weight excluding hydrogens is 362 g/mol. The predicted octanol–water partition coefficient (Wildman–Crippen LogP) is 3.75. The van der Waals surface area contributed by atoms with Crippen LogP contribution in [0.15, 0.2) is 53.4 Å². The molecule has 1 saturated heterocycles. The van der Waals surface area contributed by atoms with Crippen molar-refractivity contribution in [2.24, 2.45) is 0 Å². The molecule has 0 aliphatic carbocycles. The number of ether oxygens (including phenoxy) is 2. The van der Waals surface area contributed by atoms with Crippen LogP contribution >= 0.6 is 0 Å². The zero-order valence-electron chi connectivity index (χ0n) is 16.3. The summed E-state index contributed by atoms with van der Waals surface area (Å²) in [5.74, 6) is 0.762. The summed E-state index contributed by atoms with van der Waals surface area (Å²) in [6.07, 6.45) is -0.284. The van der Waals surface area contributed by atoms with Gasteiger partial charge in [-0.2, -0.15) is 4.31 Å². The summed E-state index contributed by atoms with van der Waals surface area (Å²) in [6, 6.07) is 14.7. The number of nitrogens with zero attached hydrogens (tertiary/aromatic N) is 1. The summed E-state index contributed by atoms with van der Waals surface area (Å²) in [7, 11) is -1.93. The summed E-state index contributed by atoms with van der Waals surface area (Å²) in [5.41, 5.74) is 2.04. The van der Waals surface area contributed by atoms with Crippen LogP contribution in [0.2, 0.25) is 0 Å². The van der Waals surface area contributed by atoms with E-state index in [-0.39, 0.29) is 11.5 Å². The summed E-state index contributed by atoms with van der Waals surface area (Å²) >= 11 is 0. The summed E-state index contributed by atoms with van der Waals surface area (Å²) in [6.45, 7) is 7.36. The third kappa shape index (κ3) is 4.34. The fraction of sp³-hybridized carbons (Fsp3) is 0.429. The SMILES string of the molecule is COc1ccc(C2CN(S(=O)(=O)c3ccc(C(C)(C)C)cc3)CCO2)cc1. The van der Waals surface area contributed by atoms with E-state index in [9.17, 15) is 8.42 Å². The van der Waals surface area contributed by atoms with Crippen LogP contribution in [0.3, 0.4) is 0 Å². The molecule has 0 spiro atoms. The van der Waals surface area contributed by atoms with Crippen molar-refractivity contribution < 1.29 is 17.9 Å². The van der Waals surface area contributed by atoms with Crippen molar-refractivity contribution in [1.82, 2.24) is 4.31 Å². The quantitative estimate of drug-likeness (QED) is 0.799. The molecule has 146 valence electrons. The molecule has 6 heteroatoms. The molecule has 2 aromatic carbocycles. The van der Waals surface area contributed by atoms with Crippen molar-refractivity contribution in [1.29, 1.82) is 0 Å². The third-order valence-electron chi connectivity index (χ3n) is 4.87. The second-order valence-electron chi connectivity index (χ2n) is 7.77. The molecule has 0 amide bonds. The Morgan fingerprint density at radius 3 is 2.22 bits per heavy atom.